The van der Waals surface area contributed by atoms with Crippen LogP contribution in [0.15, 0.2) is 0 Å². The number of nitrogens with one attached hydrogen (secondary N) is 1. The maximum absolute atomic E-state index is 11.0. The number of primary amides is 1. The second-order valence-corrected chi connectivity index (χ2v) is 4.73. The van der Waals surface area contributed by atoms with E-state index < -0.39 is 5.41 Å². The molecule has 0 unspecified atom stereocenters. The fourth-order valence-electron chi connectivity index (χ4n) is 1.65. The third-order valence-corrected chi connectivity index (χ3v) is 2.95. The summed E-state index contributed by atoms with van der Waals surface area (Å²) in [6.07, 6.45) is 2.62. The highest BCUT2D eigenvalue weighted by Crippen LogP contribution is 2.20. The Labute approximate surface area is 84.9 Å². The van der Waals surface area contributed by atoms with E-state index in [4.69, 9.17) is 5.73 Å². The molecule has 1 aliphatic carbocycles. The van der Waals surface area contributed by atoms with Crippen LogP contribution < -0.4 is 11.1 Å². The van der Waals surface area contributed by atoms with Gasteiger partial charge in [-0.2, -0.15) is 0 Å². The molecule has 0 heterocycles. The van der Waals surface area contributed by atoms with E-state index in [1.165, 1.54) is 0 Å². The molecule has 0 radical (unpaired) electrons. The number of rotatable bonds is 4. The SMILES string of the molecule is CC(C)(CN[C@@H]1CCC[C@H]1O)C(N)=O. The highest BCUT2D eigenvalue weighted by Gasteiger charge is 2.29. The Hall–Kier alpha value is -0.610. The Kier molecular flexibility index (Phi) is 3.50. The Morgan fingerprint density at radius 1 is 1.57 bits per heavy atom. The molecule has 1 fully saturated rings. The van der Waals surface area contributed by atoms with Crippen molar-refractivity contribution in [1.29, 1.82) is 0 Å². The summed E-state index contributed by atoms with van der Waals surface area (Å²) in [5.74, 6) is -0.308. The van der Waals surface area contributed by atoms with Gasteiger partial charge in [-0.3, -0.25) is 4.79 Å². The van der Waals surface area contributed by atoms with E-state index in [0.717, 1.165) is 19.3 Å². The molecule has 0 saturated heterocycles. The summed E-state index contributed by atoms with van der Waals surface area (Å²) in [6.45, 7) is 4.15. The van der Waals surface area contributed by atoms with Gasteiger partial charge in [0.2, 0.25) is 5.91 Å². The second kappa shape index (κ2) is 4.28. The number of aliphatic hydroxyl groups excluding tert-OH is 1. The van der Waals surface area contributed by atoms with Crippen LogP contribution in [-0.4, -0.2) is 29.7 Å². The maximum atomic E-state index is 11.0. The summed E-state index contributed by atoms with van der Waals surface area (Å²) >= 11 is 0. The minimum Gasteiger partial charge on any atom is -0.392 e. The number of hydrogen-bond donors (Lipinski definition) is 3. The lowest BCUT2D eigenvalue weighted by Crippen LogP contribution is -2.46. The largest absolute Gasteiger partial charge is 0.392 e. The molecule has 0 aliphatic heterocycles. The van der Waals surface area contributed by atoms with Crippen molar-refractivity contribution in [3.63, 3.8) is 0 Å². The summed E-state index contributed by atoms with van der Waals surface area (Å²) in [6, 6.07) is 0.133. The van der Waals surface area contributed by atoms with Crippen LogP contribution in [0.25, 0.3) is 0 Å². The molecule has 1 amide bonds. The van der Waals surface area contributed by atoms with E-state index in [1.807, 2.05) is 13.8 Å². The van der Waals surface area contributed by atoms with Crippen molar-refractivity contribution < 1.29 is 9.90 Å². The van der Waals surface area contributed by atoms with Gasteiger partial charge in [0.1, 0.15) is 0 Å². The number of nitrogens with two attached hydrogens (primary N) is 1. The van der Waals surface area contributed by atoms with Gasteiger partial charge >= 0.3 is 0 Å². The molecular weight excluding hydrogens is 180 g/mol. The average Bonchev–Trinajstić information content (AvgIpc) is 2.47. The van der Waals surface area contributed by atoms with Crippen LogP contribution in [0.1, 0.15) is 33.1 Å². The fourth-order valence-corrected chi connectivity index (χ4v) is 1.65. The first-order chi connectivity index (χ1) is 6.43. The van der Waals surface area contributed by atoms with Gasteiger partial charge in [-0.05, 0) is 33.1 Å². The van der Waals surface area contributed by atoms with E-state index in [1.54, 1.807) is 0 Å². The van der Waals surface area contributed by atoms with Crippen molar-refractivity contribution >= 4 is 5.91 Å². The van der Waals surface area contributed by atoms with E-state index in [-0.39, 0.29) is 18.1 Å². The van der Waals surface area contributed by atoms with Crippen LogP contribution in [-0.2, 0) is 4.79 Å². The predicted molar refractivity (Wildman–Crippen MR) is 54.6 cm³/mol. The van der Waals surface area contributed by atoms with E-state index in [9.17, 15) is 9.90 Å². The molecule has 14 heavy (non-hydrogen) atoms. The van der Waals surface area contributed by atoms with Gasteiger partial charge < -0.3 is 16.2 Å². The molecule has 0 aromatic heterocycles. The molecule has 2 atom stereocenters. The first-order valence-electron chi connectivity index (χ1n) is 5.15. The predicted octanol–water partition coefficient (Wildman–Crippen LogP) is 0.000900. The van der Waals surface area contributed by atoms with Gasteiger partial charge in [0.15, 0.2) is 0 Å². The molecule has 0 spiro atoms. The molecule has 1 rings (SSSR count). The Bertz CT molecular complexity index is 216. The molecule has 4 nitrogen and oxygen atoms in total. The zero-order chi connectivity index (χ0) is 10.8. The van der Waals surface area contributed by atoms with E-state index in [0.29, 0.717) is 6.54 Å². The lowest BCUT2D eigenvalue weighted by atomic mass is 9.92. The van der Waals surface area contributed by atoms with Crippen molar-refractivity contribution in [2.75, 3.05) is 6.54 Å². The molecular formula is C10H20N2O2. The molecule has 1 aliphatic rings. The first kappa shape index (κ1) is 11.5. The molecule has 82 valence electrons. The third-order valence-electron chi connectivity index (χ3n) is 2.95. The van der Waals surface area contributed by atoms with E-state index >= 15 is 0 Å². The van der Waals surface area contributed by atoms with Crippen molar-refractivity contribution in [2.24, 2.45) is 11.1 Å². The van der Waals surface area contributed by atoms with Crippen molar-refractivity contribution in [1.82, 2.24) is 5.32 Å². The van der Waals surface area contributed by atoms with Gasteiger partial charge in [-0.1, -0.05) is 0 Å². The lowest BCUT2D eigenvalue weighted by Gasteiger charge is -2.25. The Morgan fingerprint density at radius 2 is 2.21 bits per heavy atom. The van der Waals surface area contributed by atoms with Gasteiger partial charge in [0.25, 0.3) is 0 Å². The standard InChI is InChI=1S/C10H20N2O2/c1-10(2,9(11)14)6-12-7-4-3-5-8(7)13/h7-8,12-13H,3-6H2,1-2H3,(H2,11,14)/t7-,8-/m1/s1. The van der Waals surface area contributed by atoms with Gasteiger partial charge in [0.05, 0.1) is 11.5 Å². The van der Waals surface area contributed by atoms with Crippen LogP contribution in [0.4, 0.5) is 0 Å². The first-order valence-corrected chi connectivity index (χ1v) is 5.15. The van der Waals surface area contributed by atoms with Gasteiger partial charge in [-0.25, -0.2) is 0 Å². The van der Waals surface area contributed by atoms with E-state index in [2.05, 4.69) is 5.32 Å². The topological polar surface area (TPSA) is 75.3 Å². The number of carbonyl (C=O) groups excluding carboxylic acids is 1. The normalized spacial score (nSPS) is 27.9. The smallest absolute Gasteiger partial charge is 0.224 e. The summed E-state index contributed by atoms with van der Waals surface area (Å²) in [5, 5.41) is 12.7. The Morgan fingerprint density at radius 3 is 2.64 bits per heavy atom. The lowest BCUT2D eigenvalue weighted by molar-refractivity contribution is -0.125. The van der Waals surface area contributed by atoms with Gasteiger partial charge in [0, 0.05) is 12.6 Å². The van der Waals surface area contributed by atoms with Crippen LogP contribution in [0.2, 0.25) is 0 Å². The number of amides is 1. The minimum absolute atomic E-state index is 0.133. The third kappa shape index (κ3) is 2.69. The van der Waals surface area contributed by atoms with Crippen molar-refractivity contribution in [2.45, 2.75) is 45.3 Å². The molecule has 0 bridgehead atoms. The van der Waals surface area contributed by atoms with Crippen molar-refractivity contribution in [3.05, 3.63) is 0 Å². The summed E-state index contributed by atoms with van der Waals surface area (Å²) in [5.41, 5.74) is 4.71. The zero-order valence-electron chi connectivity index (χ0n) is 8.92. The second-order valence-electron chi connectivity index (χ2n) is 4.73. The average molecular weight is 200 g/mol. The zero-order valence-corrected chi connectivity index (χ0v) is 8.92. The van der Waals surface area contributed by atoms with Crippen LogP contribution >= 0.6 is 0 Å². The summed E-state index contributed by atoms with van der Waals surface area (Å²) in [4.78, 5) is 11.0. The number of hydrogen-bond acceptors (Lipinski definition) is 3. The minimum atomic E-state index is -0.539. The molecule has 1 saturated carbocycles. The van der Waals surface area contributed by atoms with Crippen molar-refractivity contribution in [3.8, 4) is 0 Å². The molecule has 0 aromatic rings. The van der Waals surface area contributed by atoms with Crippen LogP contribution in [0, 0.1) is 5.41 Å². The molecule has 4 heteroatoms. The van der Waals surface area contributed by atoms with Crippen LogP contribution in [0.5, 0.6) is 0 Å². The highest BCUT2D eigenvalue weighted by molar-refractivity contribution is 5.80. The highest BCUT2D eigenvalue weighted by atomic mass is 16.3. The maximum Gasteiger partial charge on any atom is 0.224 e. The summed E-state index contributed by atoms with van der Waals surface area (Å²) in [7, 11) is 0. The molecule has 0 aromatic carbocycles. The number of carbonyl (C=O) groups is 1. The van der Waals surface area contributed by atoms with Crippen LogP contribution in [0.3, 0.4) is 0 Å². The Balaban J connectivity index is 2.36. The fraction of sp³-hybridized carbons (Fsp3) is 0.900. The summed E-state index contributed by atoms with van der Waals surface area (Å²) < 4.78 is 0. The van der Waals surface area contributed by atoms with Gasteiger partial charge in [-0.15, -0.1) is 0 Å². The number of aliphatic hydroxyl groups is 1. The molecule has 4 N–H and O–H groups in total. The monoisotopic (exact) mass is 200 g/mol. The quantitative estimate of drug-likeness (QED) is 0.598.